The summed E-state index contributed by atoms with van der Waals surface area (Å²) in [5.74, 6) is 0.168. The summed E-state index contributed by atoms with van der Waals surface area (Å²) in [5, 5.41) is 1.13. The van der Waals surface area contributed by atoms with Gasteiger partial charge < -0.3 is 14.8 Å². The van der Waals surface area contributed by atoms with Gasteiger partial charge in [0.2, 0.25) is 0 Å². The lowest BCUT2D eigenvalue weighted by atomic mass is 10.0. The minimum Gasteiger partial charge on any atom is -0.351 e. The van der Waals surface area contributed by atoms with Crippen LogP contribution in [0, 0.1) is 6.92 Å². The lowest BCUT2D eigenvalue weighted by molar-refractivity contribution is 0.0659. The zero-order valence-corrected chi connectivity index (χ0v) is 14.0. The highest BCUT2D eigenvalue weighted by molar-refractivity contribution is 5.98. The molecule has 122 valence electrons. The summed E-state index contributed by atoms with van der Waals surface area (Å²) in [5.41, 5.74) is 3.01. The largest absolute Gasteiger partial charge is 0.351 e. The smallest absolute Gasteiger partial charge is 0.270 e. The second kappa shape index (κ2) is 5.68. The van der Waals surface area contributed by atoms with Crippen LogP contribution in [0.1, 0.15) is 41.7 Å². The highest BCUT2D eigenvalue weighted by Gasteiger charge is 2.38. The van der Waals surface area contributed by atoms with Crippen molar-refractivity contribution in [1.82, 2.24) is 14.8 Å². The average Bonchev–Trinajstić information content (AvgIpc) is 3.23. The first-order chi connectivity index (χ1) is 11.1. The van der Waals surface area contributed by atoms with E-state index in [1.54, 1.807) is 0 Å². The number of carbonyl (C=O) groups is 1. The average molecular weight is 311 g/mol. The molecule has 0 bridgehead atoms. The number of H-pyrrole nitrogens is 1. The first-order valence-electron chi connectivity index (χ1n) is 8.74. The Balaban J connectivity index is 1.61. The number of nitrogens with zero attached hydrogens (tertiary/aromatic N) is 2. The molecule has 0 aliphatic carbocycles. The van der Waals surface area contributed by atoms with Gasteiger partial charge in [-0.25, -0.2) is 0 Å². The third-order valence-electron chi connectivity index (χ3n) is 5.59. The molecule has 2 aromatic rings. The normalized spacial score (nSPS) is 25.6. The summed E-state index contributed by atoms with van der Waals surface area (Å²) >= 11 is 0. The number of hydrogen-bond donors (Lipinski definition) is 1. The monoisotopic (exact) mass is 311 g/mol. The Bertz CT molecular complexity index is 735. The molecule has 1 N–H and O–H groups in total. The van der Waals surface area contributed by atoms with Crippen LogP contribution in [0.3, 0.4) is 0 Å². The third-order valence-corrected chi connectivity index (χ3v) is 5.59. The number of aryl methyl sites for hydroxylation is 1. The zero-order chi connectivity index (χ0) is 16.0. The van der Waals surface area contributed by atoms with Crippen molar-refractivity contribution in [3.05, 3.63) is 35.5 Å². The van der Waals surface area contributed by atoms with Gasteiger partial charge in [-0.3, -0.25) is 4.79 Å². The molecule has 23 heavy (non-hydrogen) atoms. The fraction of sp³-hybridized carbons (Fsp3) is 0.526. The molecule has 2 aliphatic rings. The third kappa shape index (κ3) is 2.55. The van der Waals surface area contributed by atoms with Crippen LogP contribution >= 0.6 is 0 Å². The molecular weight excluding hydrogens is 286 g/mol. The molecule has 1 amide bonds. The number of aromatic nitrogens is 1. The molecule has 0 saturated carbocycles. The summed E-state index contributed by atoms with van der Waals surface area (Å²) < 4.78 is 0. The maximum atomic E-state index is 13.1. The summed E-state index contributed by atoms with van der Waals surface area (Å²) in [6, 6.07) is 9.20. The molecule has 0 radical (unpaired) electrons. The predicted molar refractivity (Wildman–Crippen MR) is 92.7 cm³/mol. The Morgan fingerprint density at radius 1 is 1.13 bits per heavy atom. The number of benzene rings is 1. The summed E-state index contributed by atoms with van der Waals surface area (Å²) in [7, 11) is 2.20. The number of fused-ring (bicyclic) bond motifs is 1. The van der Waals surface area contributed by atoms with E-state index in [2.05, 4.69) is 47.0 Å². The van der Waals surface area contributed by atoms with Gasteiger partial charge in [-0.1, -0.05) is 11.6 Å². The van der Waals surface area contributed by atoms with E-state index in [4.69, 9.17) is 0 Å². The Morgan fingerprint density at radius 3 is 2.70 bits per heavy atom. The Hall–Kier alpha value is -1.81. The Morgan fingerprint density at radius 2 is 1.91 bits per heavy atom. The number of amides is 1. The molecular formula is C19H25N3O. The van der Waals surface area contributed by atoms with Crippen molar-refractivity contribution < 1.29 is 4.79 Å². The zero-order valence-electron chi connectivity index (χ0n) is 14.0. The van der Waals surface area contributed by atoms with Crippen molar-refractivity contribution in [3.8, 4) is 0 Å². The molecule has 2 fully saturated rings. The number of hydrogen-bond acceptors (Lipinski definition) is 2. The highest BCUT2D eigenvalue weighted by atomic mass is 16.2. The van der Waals surface area contributed by atoms with Crippen molar-refractivity contribution in [1.29, 1.82) is 0 Å². The molecule has 1 aromatic heterocycles. The quantitative estimate of drug-likeness (QED) is 0.925. The maximum Gasteiger partial charge on any atom is 0.270 e. The summed E-state index contributed by atoms with van der Waals surface area (Å²) in [6.45, 7) is 4.14. The van der Waals surface area contributed by atoms with E-state index < -0.39 is 0 Å². The van der Waals surface area contributed by atoms with E-state index in [0.717, 1.165) is 42.5 Å². The minimum atomic E-state index is 0.168. The molecule has 3 heterocycles. The van der Waals surface area contributed by atoms with Crippen molar-refractivity contribution in [3.63, 3.8) is 0 Å². The maximum absolute atomic E-state index is 13.1. The lowest BCUT2D eigenvalue weighted by Gasteiger charge is -2.33. The number of rotatable bonds is 2. The Labute approximate surface area is 137 Å². The van der Waals surface area contributed by atoms with Gasteiger partial charge in [0.25, 0.3) is 5.91 Å². The molecule has 4 heteroatoms. The van der Waals surface area contributed by atoms with Gasteiger partial charge in [-0.15, -0.1) is 0 Å². The van der Waals surface area contributed by atoms with Crippen LogP contribution in [-0.2, 0) is 0 Å². The van der Waals surface area contributed by atoms with Crippen molar-refractivity contribution in [2.75, 3.05) is 20.1 Å². The van der Waals surface area contributed by atoms with Gasteiger partial charge >= 0.3 is 0 Å². The van der Waals surface area contributed by atoms with Gasteiger partial charge in [0.05, 0.1) is 0 Å². The first kappa shape index (κ1) is 14.8. The first-order valence-corrected chi connectivity index (χ1v) is 8.74. The van der Waals surface area contributed by atoms with Crippen LogP contribution in [0.4, 0.5) is 0 Å². The topological polar surface area (TPSA) is 39.3 Å². The van der Waals surface area contributed by atoms with Gasteiger partial charge in [0.1, 0.15) is 5.69 Å². The van der Waals surface area contributed by atoms with E-state index in [1.807, 2.05) is 6.07 Å². The fourth-order valence-corrected chi connectivity index (χ4v) is 4.39. The van der Waals surface area contributed by atoms with E-state index in [0.29, 0.717) is 12.1 Å². The molecule has 1 aromatic carbocycles. The van der Waals surface area contributed by atoms with Crippen molar-refractivity contribution in [2.45, 2.75) is 44.7 Å². The number of nitrogens with one attached hydrogen (secondary N) is 1. The van der Waals surface area contributed by atoms with E-state index in [9.17, 15) is 4.79 Å². The molecule has 0 unspecified atom stereocenters. The van der Waals surface area contributed by atoms with Gasteiger partial charge in [0, 0.05) is 29.5 Å². The highest BCUT2D eigenvalue weighted by Crippen LogP contribution is 2.30. The Kier molecular flexibility index (Phi) is 3.64. The summed E-state index contributed by atoms with van der Waals surface area (Å²) in [6.07, 6.45) is 4.74. The van der Waals surface area contributed by atoms with Gasteiger partial charge in [0.15, 0.2) is 0 Å². The fourth-order valence-electron chi connectivity index (χ4n) is 4.39. The molecule has 4 nitrogen and oxygen atoms in total. The lowest BCUT2D eigenvalue weighted by Crippen LogP contribution is -2.47. The number of likely N-dealkylation sites (tertiary alicyclic amines) is 2. The molecule has 2 atom stereocenters. The van der Waals surface area contributed by atoms with Crippen molar-refractivity contribution >= 4 is 16.8 Å². The van der Waals surface area contributed by atoms with Crippen molar-refractivity contribution in [2.24, 2.45) is 0 Å². The van der Waals surface area contributed by atoms with Crippen LogP contribution in [0.15, 0.2) is 24.3 Å². The van der Waals surface area contributed by atoms with E-state index in [-0.39, 0.29) is 5.91 Å². The molecule has 2 aliphatic heterocycles. The minimum absolute atomic E-state index is 0.168. The van der Waals surface area contributed by atoms with Crippen LogP contribution in [-0.4, -0.2) is 52.9 Å². The van der Waals surface area contributed by atoms with Crippen LogP contribution in [0.2, 0.25) is 0 Å². The van der Waals surface area contributed by atoms with Crippen LogP contribution in [0.5, 0.6) is 0 Å². The predicted octanol–water partition coefficient (Wildman–Crippen LogP) is 3.18. The number of carbonyl (C=O) groups excluding carboxylic acids is 1. The number of likely N-dealkylation sites (N-methyl/N-ethyl adjacent to an activating group) is 1. The second-order valence-corrected chi connectivity index (χ2v) is 7.17. The van der Waals surface area contributed by atoms with E-state index in [1.165, 1.54) is 18.4 Å². The SMILES string of the molecule is Cc1ccc2[nH]c(C(=O)N3CCC[C@H]3[C@@H]3CCCN3C)cc2c1. The number of aromatic amines is 1. The second-order valence-electron chi connectivity index (χ2n) is 7.17. The summed E-state index contributed by atoms with van der Waals surface area (Å²) in [4.78, 5) is 20.9. The molecule has 0 spiro atoms. The van der Waals surface area contributed by atoms with Gasteiger partial charge in [-0.05, 0) is 64.4 Å². The van der Waals surface area contributed by atoms with Gasteiger partial charge in [-0.2, -0.15) is 0 Å². The standard InChI is InChI=1S/C19H25N3O/c1-13-7-8-15-14(11-13)12-16(20-15)19(23)22-10-4-6-18(22)17-5-3-9-21(17)2/h7-8,11-12,17-18,20H,3-6,9-10H2,1-2H3/t17-,18-/m0/s1. The molecule has 4 rings (SSSR count). The van der Waals surface area contributed by atoms with Crippen LogP contribution < -0.4 is 0 Å². The van der Waals surface area contributed by atoms with E-state index >= 15 is 0 Å². The van der Waals surface area contributed by atoms with Crippen LogP contribution in [0.25, 0.3) is 10.9 Å². The molecule has 2 saturated heterocycles.